The topological polar surface area (TPSA) is 68.3 Å². The number of nitrogens with one attached hydrogen (secondary N) is 1. The summed E-state index contributed by atoms with van der Waals surface area (Å²) in [4.78, 5) is 29.2. The van der Waals surface area contributed by atoms with Crippen molar-refractivity contribution in [2.45, 2.75) is 39.3 Å². The van der Waals surface area contributed by atoms with Gasteiger partial charge in [-0.15, -0.1) is 22.7 Å². The lowest BCUT2D eigenvalue weighted by Crippen LogP contribution is -2.46. The molecule has 0 aliphatic rings. The molecule has 2 aromatic rings. The van der Waals surface area contributed by atoms with Crippen LogP contribution in [0.5, 0.6) is 0 Å². The molecule has 1 amide bonds. The highest BCUT2D eigenvalue weighted by Crippen LogP contribution is 2.28. The Morgan fingerprint density at radius 1 is 1.32 bits per heavy atom. The van der Waals surface area contributed by atoms with E-state index >= 15 is 0 Å². The van der Waals surface area contributed by atoms with Crippen molar-refractivity contribution in [2.24, 2.45) is 0 Å². The van der Waals surface area contributed by atoms with Gasteiger partial charge in [0, 0.05) is 10.9 Å². The number of amides is 1. The van der Waals surface area contributed by atoms with Gasteiger partial charge in [-0.25, -0.2) is 9.78 Å². The van der Waals surface area contributed by atoms with Crippen molar-refractivity contribution in [1.29, 1.82) is 0 Å². The monoisotopic (exact) mass is 338 g/mol. The minimum atomic E-state index is -0.862. The van der Waals surface area contributed by atoms with Crippen LogP contribution in [-0.4, -0.2) is 28.5 Å². The van der Waals surface area contributed by atoms with Crippen LogP contribution in [0.1, 0.15) is 38.2 Å². The Morgan fingerprint density at radius 2 is 2.05 bits per heavy atom. The number of ether oxygens (including phenoxy) is 1. The van der Waals surface area contributed by atoms with Gasteiger partial charge in [0.15, 0.2) is 11.8 Å². The van der Waals surface area contributed by atoms with E-state index in [0.717, 1.165) is 9.88 Å². The van der Waals surface area contributed by atoms with Gasteiger partial charge in [-0.2, -0.15) is 0 Å². The Morgan fingerprint density at radius 3 is 2.64 bits per heavy atom. The quantitative estimate of drug-likeness (QED) is 0.868. The maximum Gasteiger partial charge on any atom is 0.358 e. The van der Waals surface area contributed by atoms with E-state index in [-0.39, 0.29) is 17.1 Å². The smallest absolute Gasteiger partial charge is 0.358 e. The van der Waals surface area contributed by atoms with E-state index in [1.807, 2.05) is 38.3 Å². The number of carbonyl (C=O) groups is 2. The molecule has 118 valence electrons. The Kier molecular flexibility index (Phi) is 4.97. The average Bonchev–Trinajstić information content (AvgIpc) is 3.07. The number of aromatic nitrogens is 1. The molecular weight excluding hydrogens is 320 g/mol. The van der Waals surface area contributed by atoms with Gasteiger partial charge in [-0.05, 0) is 39.1 Å². The van der Waals surface area contributed by atoms with Gasteiger partial charge in [0.25, 0.3) is 5.91 Å². The van der Waals surface area contributed by atoms with Crippen LogP contribution in [0, 0.1) is 0 Å². The molecule has 1 atom stereocenters. The molecule has 0 unspecified atom stereocenters. The van der Waals surface area contributed by atoms with Crippen LogP contribution in [0.3, 0.4) is 0 Å². The van der Waals surface area contributed by atoms with Crippen molar-refractivity contribution >= 4 is 34.6 Å². The SMILES string of the molecule is C[C@H](OC(=O)c1csc(-c2cccs2)n1)C(=O)NC(C)(C)C. The van der Waals surface area contributed by atoms with E-state index in [2.05, 4.69) is 10.3 Å². The normalized spacial score (nSPS) is 12.7. The average molecular weight is 338 g/mol. The molecule has 0 aliphatic heterocycles. The fourth-order valence-electron chi connectivity index (χ4n) is 1.63. The number of thiophene rings is 1. The number of thiazole rings is 1. The van der Waals surface area contributed by atoms with Crippen molar-refractivity contribution in [1.82, 2.24) is 10.3 Å². The zero-order valence-corrected chi connectivity index (χ0v) is 14.5. The van der Waals surface area contributed by atoms with E-state index < -0.39 is 12.1 Å². The molecule has 0 aliphatic carbocycles. The molecule has 22 heavy (non-hydrogen) atoms. The molecule has 5 nitrogen and oxygen atoms in total. The largest absolute Gasteiger partial charge is 0.448 e. The summed E-state index contributed by atoms with van der Waals surface area (Å²) in [6.45, 7) is 7.15. The lowest BCUT2D eigenvalue weighted by Gasteiger charge is -2.23. The van der Waals surface area contributed by atoms with Crippen molar-refractivity contribution in [3.05, 3.63) is 28.6 Å². The van der Waals surface area contributed by atoms with Gasteiger partial charge >= 0.3 is 5.97 Å². The number of esters is 1. The van der Waals surface area contributed by atoms with Crippen molar-refractivity contribution in [3.63, 3.8) is 0 Å². The second-order valence-electron chi connectivity index (χ2n) is 5.80. The second kappa shape index (κ2) is 6.58. The summed E-state index contributed by atoms with van der Waals surface area (Å²) in [5.41, 5.74) is -0.145. The van der Waals surface area contributed by atoms with Gasteiger partial charge in [-0.1, -0.05) is 6.07 Å². The van der Waals surface area contributed by atoms with E-state index in [4.69, 9.17) is 4.74 Å². The summed E-state index contributed by atoms with van der Waals surface area (Å²) < 4.78 is 5.17. The first-order valence-corrected chi connectivity index (χ1v) is 8.54. The molecule has 0 saturated heterocycles. The van der Waals surface area contributed by atoms with E-state index in [1.54, 1.807) is 23.6 Å². The fourth-order valence-corrected chi connectivity index (χ4v) is 3.23. The summed E-state index contributed by atoms with van der Waals surface area (Å²) in [6.07, 6.45) is -0.862. The van der Waals surface area contributed by atoms with Gasteiger partial charge in [0.1, 0.15) is 5.01 Å². The number of hydrogen-bond acceptors (Lipinski definition) is 6. The summed E-state index contributed by atoms with van der Waals surface area (Å²) in [5.74, 6) is -0.912. The van der Waals surface area contributed by atoms with Crippen molar-refractivity contribution in [2.75, 3.05) is 0 Å². The molecule has 0 aromatic carbocycles. The second-order valence-corrected chi connectivity index (χ2v) is 7.61. The molecule has 7 heteroatoms. The number of nitrogens with zero attached hydrogens (tertiary/aromatic N) is 1. The van der Waals surface area contributed by atoms with Gasteiger partial charge in [0.2, 0.25) is 0 Å². The highest BCUT2D eigenvalue weighted by molar-refractivity contribution is 7.20. The highest BCUT2D eigenvalue weighted by Gasteiger charge is 2.24. The zero-order valence-electron chi connectivity index (χ0n) is 12.9. The van der Waals surface area contributed by atoms with Crippen molar-refractivity contribution in [3.8, 4) is 9.88 Å². The number of rotatable bonds is 4. The maximum atomic E-state index is 12.1. The fraction of sp³-hybridized carbons (Fsp3) is 0.400. The van der Waals surface area contributed by atoms with Gasteiger partial charge < -0.3 is 10.1 Å². The predicted octanol–water partition coefficient (Wildman–Crippen LogP) is 3.33. The molecule has 0 fully saturated rings. The zero-order chi connectivity index (χ0) is 16.3. The lowest BCUT2D eigenvalue weighted by molar-refractivity contribution is -0.130. The first-order valence-electron chi connectivity index (χ1n) is 6.78. The highest BCUT2D eigenvalue weighted by atomic mass is 32.1. The van der Waals surface area contributed by atoms with Crippen LogP contribution in [0.15, 0.2) is 22.9 Å². The van der Waals surface area contributed by atoms with Crippen LogP contribution in [-0.2, 0) is 9.53 Å². The number of hydrogen-bond donors (Lipinski definition) is 1. The first kappa shape index (κ1) is 16.6. The lowest BCUT2D eigenvalue weighted by atomic mass is 10.1. The Hall–Kier alpha value is -1.73. The molecular formula is C15H18N2O3S2. The standard InChI is InChI=1S/C15H18N2O3S2/c1-9(12(18)17-15(2,3)4)20-14(19)10-8-22-13(16-10)11-6-5-7-21-11/h5-9H,1-4H3,(H,17,18)/t9-/m0/s1. The molecule has 0 saturated carbocycles. The van der Waals surface area contributed by atoms with Crippen LogP contribution in [0.4, 0.5) is 0 Å². The van der Waals surface area contributed by atoms with Gasteiger partial charge in [-0.3, -0.25) is 4.79 Å². The summed E-state index contributed by atoms with van der Waals surface area (Å²) in [6, 6.07) is 3.87. The van der Waals surface area contributed by atoms with E-state index in [1.165, 1.54) is 11.3 Å². The van der Waals surface area contributed by atoms with Crippen LogP contribution in [0.25, 0.3) is 9.88 Å². The van der Waals surface area contributed by atoms with Crippen LogP contribution >= 0.6 is 22.7 Å². The molecule has 2 heterocycles. The van der Waals surface area contributed by atoms with E-state index in [9.17, 15) is 9.59 Å². The molecule has 0 bridgehead atoms. The number of carbonyl (C=O) groups excluding carboxylic acids is 2. The summed E-state index contributed by atoms with van der Waals surface area (Å²) in [7, 11) is 0. The maximum absolute atomic E-state index is 12.1. The molecule has 2 rings (SSSR count). The summed E-state index contributed by atoms with van der Waals surface area (Å²) >= 11 is 2.94. The third kappa shape index (κ3) is 4.38. The minimum Gasteiger partial charge on any atom is -0.448 e. The van der Waals surface area contributed by atoms with Crippen molar-refractivity contribution < 1.29 is 14.3 Å². The van der Waals surface area contributed by atoms with Gasteiger partial charge in [0.05, 0.1) is 4.88 Å². The van der Waals surface area contributed by atoms with Crippen LogP contribution < -0.4 is 5.32 Å². The van der Waals surface area contributed by atoms with E-state index in [0.29, 0.717) is 0 Å². The third-order valence-electron chi connectivity index (χ3n) is 2.60. The predicted molar refractivity (Wildman–Crippen MR) is 88.2 cm³/mol. The minimum absolute atomic E-state index is 0.226. The first-order chi connectivity index (χ1) is 10.3. The molecule has 0 spiro atoms. The molecule has 0 radical (unpaired) electrons. The Labute approximate surface area is 137 Å². The summed E-state index contributed by atoms with van der Waals surface area (Å²) in [5, 5.41) is 7.14. The Balaban J connectivity index is 1.99. The Bertz CT molecular complexity index is 657. The molecule has 1 N–H and O–H groups in total. The molecule has 2 aromatic heterocycles. The third-order valence-corrected chi connectivity index (χ3v) is 4.48. The van der Waals surface area contributed by atoms with Crippen LogP contribution in [0.2, 0.25) is 0 Å².